The maximum absolute atomic E-state index is 5.95. The van der Waals surface area contributed by atoms with E-state index in [0.717, 1.165) is 42.9 Å². The van der Waals surface area contributed by atoms with Crippen molar-refractivity contribution in [3.63, 3.8) is 0 Å². The topological polar surface area (TPSA) is 49.2 Å². The molecule has 0 aliphatic heterocycles. The van der Waals surface area contributed by atoms with Crippen molar-refractivity contribution in [3.8, 4) is 5.88 Å². The summed E-state index contributed by atoms with van der Waals surface area (Å²) in [6.07, 6.45) is 2.03. The Morgan fingerprint density at radius 2 is 2.05 bits per heavy atom. The van der Waals surface area contributed by atoms with E-state index < -0.39 is 0 Å². The van der Waals surface area contributed by atoms with E-state index in [0.29, 0.717) is 11.0 Å². The highest BCUT2D eigenvalue weighted by atomic mass is 35.5. The van der Waals surface area contributed by atoms with Crippen LogP contribution in [-0.2, 0) is 11.3 Å². The molecule has 0 aliphatic rings. The summed E-state index contributed by atoms with van der Waals surface area (Å²) in [5, 5.41) is 0.397. The standard InChI is InChI=1S/C13H18ClN3O2/c1-9-15-10-8-11(14)16-13(19-3)12(10)17(9)6-4-5-7-18-2/h8H,4-7H2,1-3H3. The number of pyridine rings is 1. The zero-order chi connectivity index (χ0) is 13.8. The summed E-state index contributed by atoms with van der Waals surface area (Å²) in [6, 6.07) is 1.76. The van der Waals surface area contributed by atoms with Crippen molar-refractivity contribution in [3.05, 3.63) is 17.0 Å². The van der Waals surface area contributed by atoms with Gasteiger partial charge in [-0.3, -0.25) is 0 Å². The number of halogens is 1. The van der Waals surface area contributed by atoms with Gasteiger partial charge >= 0.3 is 0 Å². The van der Waals surface area contributed by atoms with Crippen molar-refractivity contribution in [1.82, 2.24) is 14.5 Å². The van der Waals surface area contributed by atoms with Gasteiger partial charge in [-0.15, -0.1) is 0 Å². The molecule has 0 atom stereocenters. The van der Waals surface area contributed by atoms with E-state index in [2.05, 4.69) is 14.5 Å². The van der Waals surface area contributed by atoms with E-state index in [1.807, 2.05) is 6.92 Å². The van der Waals surface area contributed by atoms with Gasteiger partial charge in [0.1, 0.15) is 16.5 Å². The molecular formula is C13H18ClN3O2. The number of hydrogen-bond acceptors (Lipinski definition) is 4. The number of imidazole rings is 1. The molecule has 5 nitrogen and oxygen atoms in total. The molecule has 2 aromatic rings. The zero-order valence-corrected chi connectivity index (χ0v) is 12.2. The van der Waals surface area contributed by atoms with Gasteiger partial charge in [-0.25, -0.2) is 4.98 Å². The molecule has 0 aliphatic carbocycles. The van der Waals surface area contributed by atoms with Gasteiger partial charge in [0.05, 0.1) is 12.6 Å². The maximum Gasteiger partial charge on any atom is 0.241 e. The molecule has 19 heavy (non-hydrogen) atoms. The molecule has 0 unspecified atom stereocenters. The Labute approximate surface area is 117 Å². The van der Waals surface area contributed by atoms with Crippen LogP contribution in [0, 0.1) is 6.92 Å². The van der Waals surface area contributed by atoms with Crippen molar-refractivity contribution in [2.45, 2.75) is 26.3 Å². The average Bonchev–Trinajstić information content (AvgIpc) is 2.69. The fourth-order valence-electron chi connectivity index (χ4n) is 2.14. The lowest BCUT2D eigenvalue weighted by Gasteiger charge is -2.09. The Bertz CT molecular complexity index is 569. The Hall–Kier alpha value is -1.33. The molecule has 2 rings (SSSR count). The van der Waals surface area contributed by atoms with Gasteiger partial charge in [0.25, 0.3) is 0 Å². The number of fused-ring (bicyclic) bond motifs is 1. The number of aromatic nitrogens is 3. The first-order valence-corrected chi connectivity index (χ1v) is 6.61. The first-order valence-electron chi connectivity index (χ1n) is 6.23. The summed E-state index contributed by atoms with van der Waals surface area (Å²) in [5.74, 6) is 1.46. The summed E-state index contributed by atoms with van der Waals surface area (Å²) in [4.78, 5) is 8.70. The minimum atomic E-state index is 0.397. The monoisotopic (exact) mass is 283 g/mol. The fraction of sp³-hybridized carbons (Fsp3) is 0.538. The van der Waals surface area contributed by atoms with E-state index in [1.165, 1.54) is 0 Å². The molecule has 0 N–H and O–H groups in total. The van der Waals surface area contributed by atoms with Crippen LogP contribution >= 0.6 is 11.6 Å². The van der Waals surface area contributed by atoms with E-state index >= 15 is 0 Å². The lowest BCUT2D eigenvalue weighted by atomic mass is 10.3. The van der Waals surface area contributed by atoms with Crippen LogP contribution in [0.15, 0.2) is 6.07 Å². The van der Waals surface area contributed by atoms with Crippen LogP contribution in [-0.4, -0.2) is 35.4 Å². The molecule has 0 fully saturated rings. The van der Waals surface area contributed by atoms with Gasteiger partial charge < -0.3 is 14.0 Å². The summed E-state index contributed by atoms with van der Waals surface area (Å²) < 4.78 is 12.5. The number of rotatable bonds is 6. The number of aryl methyl sites for hydroxylation is 2. The predicted octanol–water partition coefficient (Wildman–Crippen LogP) is 2.83. The minimum Gasteiger partial charge on any atom is -0.479 e. The fourth-order valence-corrected chi connectivity index (χ4v) is 2.32. The number of ether oxygens (including phenoxy) is 2. The van der Waals surface area contributed by atoms with Crippen LogP contribution in [0.4, 0.5) is 0 Å². The Balaban J connectivity index is 2.34. The first-order chi connectivity index (χ1) is 9.17. The summed E-state index contributed by atoms with van der Waals surface area (Å²) in [6.45, 7) is 3.61. The minimum absolute atomic E-state index is 0.397. The highest BCUT2D eigenvalue weighted by molar-refractivity contribution is 6.30. The van der Waals surface area contributed by atoms with Crippen LogP contribution in [0.2, 0.25) is 5.15 Å². The van der Waals surface area contributed by atoms with Crippen molar-refractivity contribution < 1.29 is 9.47 Å². The highest BCUT2D eigenvalue weighted by Crippen LogP contribution is 2.27. The molecule has 0 saturated carbocycles. The molecule has 0 bridgehead atoms. The van der Waals surface area contributed by atoms with Crippen molar-refractivity contribution in [2.75, 3.05) is 20.8 Å². The van der Waals surface area contributed by atoms with Gasteiger partial charge in [-0.1, -0.05) is 11.6 Å². The number of unbranched alkanes of at least 4 members (excludes halogenated alkanes) is 1. The lowest BCUT2D eigenvalue weighted by molar-refractivity contribution is 0.191. The van der Waals surface area contributed by atoms with Crippen LogP contribution in [0.3, 0.4) is 0 Å². The maximum atomic E-state index is 5.95. The highest BCUT2D eigenvalue weighted by Gasteiger charge is 2.14. The quantitative estimate of drug-likeness (QED) is 0.604. The second-order valence-electron chi connectivity index (χ2n) is 4.33. The third-order valence-electron chi connectivity index (χ3n) is 3.03. The second-order valence-corrected chi connectivity index (χ2v) is 4.72. The smallest absolute Gasteiger partial charge is 0.241 e. The third kappa shape index (κ3) is 2.98. The van der Waals surface area contributed by atoms with Gasteiger partial charge in [0.2, 0.25) is 5.88 Å². The van der Waals surface area contributed by atoms with Gasteiger partial charge in [0, 0.05) is 26.3 Å². The van der Waals surface area contributed by atoms with Crippen LogP contribution in [0.25, 0.3) is 11.0 Å². The van der Waals surface area contributed by atoms with Gasteiger partial charge in [-0.05, 0) is 19.8 Å². The Kier molecular flexibility index (Phi) is 4.61. The molecule has 0 spiro atoms. The molecule has 6 heteroatoms. The molecule has 0 radical (unpaired) electrons. The van der Waals surface area contributed by atoms with E-state index in [4.69, 9.17) is 21.1 Å². The van der Waals surface area contributed by atoms with Gasteiger partial charge in [0.15, 0.2) is 0 Å². The van der Waals surface area contributed by atoms with Gasteiger partial charge in [-0.2, -0.15) is 4.98 Å². The van der Waals surface area contributed by atoms with Crippen LogP contribution in [0.1, 0.15) is 18.7 Å². The van der Waals surface area contributed by atoms with Crippen LogP contribution in [0.5, 0.6) is 5.88 Å². The zero-order valence-electron chi connectivity index (χ0n) is 11.4. The molecule has 0 aromatic carbocycles. The summed E-state index contributed by atoms with van der Waals surface area (Å²) in [7, 11) is 3.31. The molecule has 2 aromatic heterocycles. The third-order valence-corrected chi connectivity index (χ3v) is 3.22. The van der Waals surface area contributed by atoms with E-state index in [-0.39, 0.29) is 0 Å². The van der Waals surface area contributed by atoms with Crippen LogP contribution < -0.4 is 4.74 Å². The molecule has 0 amide bonds. The lowest BCUT2D eigenvalue weighted by Crippen LogP contribution is -2.03. The Morgan fingerprint density at radius 3 is 2.74 bits per heavy atom. The second kappa shape index (κ2) is 6.21. The first kappa shape index (κ1) is 14.1. The van der Waals surface area contributed by atoms with Crippen molar-refractivity contribution in [2.24, 2.45) is 0 Å². The molecular weight excluding hydrogens is 266 g/mol. The molecule has 0 saturated heterocycles. The summed E-state index contributed by atoms with van der Waals surface area (Å²) >= 11 is 5.95. The summed E-state index contributed by atoms with van der Waals surface area (Å²) in [5.41, 5.74) is 1.72. The largest absolute Gasteiger partial charge is 0.479 e. The molecule has 104 valence electrons. The SMILES string of the molecule is COCCCCn1c(C)nc2cc(Cl)nc(OC)c21. The number of hydrogen-bond donors (Lipinski definition) is 0. The average molecular weight is 284 g/mol. The van der Waals surface area contributed by atoms with Crippen molar-refractivity contribution >= 4 is 22.6 Å². The van der Waals surface area contributed by atoms with E-state index in [9.17, 15) is 0 Å². The Morgan fingerprint density at radius 1 is 1.26 bits per heavy atom. The number of nitrogens with zero attached hydrogens (tertiary/aromatic N) is 3. The van der Waals surface area contributed by atoms with Crippen molar-refractivity contribution in [1.29, 1.82) is 0 Å². The van der Waals surface area contributed by atoms with E-state index in [1.54, 1.807) is 20.3 Å². The molecule has 2 heterocycles. The number of methoxy groups -OCH3 is 2. The normalized spacial score (nSPS) is 11.2. The predicted molar refractivity (Wildman–Crippen MR) is 74.9 cm³/mol.